The van der Waals surface area contributed by atoms with Crippen molar-refractivity contribution < 1.29 is 4.79 Å². The molecule has 0 atom stereocenters. The van der Waals surface area contributed by atoms with E-state index in [1.54, 1.807) is 6.92 Å². The fraction of sp³-hybridized carbons (Fsp3) is 0.800. The third kappa shape index (κ3) is 19.4. The molecular weight excluding hydrogens is 256 g/mol. The summed E-state index contributed by atoms with van der Waals surface area (Å²) in [5.74, 6) is 0.213. The van der Waals surface area contributed by atoms with Crippen molar-refractivity contribution in [2.45, 2.75) is 104 Å². The van der Waals surface area contributed by atoms with Gasteiger partial charge in [0.2, 0.25) is 0 Å². The van der Waals surface area contributed by atoms with Crippen LogP contribution in [-0.2, 0) is 4.79 Å². The predicted octanol–water partition coefficient (Wildman–Crippen LogP) is 6.82. The normalized spacial score (nSPS) is 11.3. The smallest absolute Gasteiger partial charge is 0.133 e. The van der Waals surface area contributed by atoms with Crippen molar-refractivity contribution in [1.29, 1.82) is 0 Å². The van der Waals surface area contributed by atoms with Crippen LogP contribution in [-0.4, -0.2) is 5.78 Å². The van der Waals surface area contributed by atoms with Crippen molar-refractivity contribution in [2.24, 2.45) is 0 Å². The SMILES string of the molecule is CCCCCCCC/C=C\CCCCCCC[CH]C(C)=O. The van der Waals surface area contributed by atoms with Crippen molar-refractivity contribution in [1.82, 2.24) is 0 Å². The molecular formula is C20H37O. The second-order valence-corrected chi connectivity index (χ2v) is 6.19. The fourth-order valence-corrected chi connectivity index (χ4v) is 2.52. The fourth-order valence-electron chi connectivity index (χ4n) is 2.52. The van der Waals surface area contributed by atoms with E-state index in [0.29, 0.717) is 0 Å². The molecule has 0 aliphatic heterocycles. The average Bonchev–Trinajstić information content (AvgIpc) is 2.46. The van der Waals surface area contributed by atoms with Crippen LogP contribution in [0.15, 0.2) is 12.2 Å². The van der Waals surface area contributed by atoms with Gasteiger partial charge < -0.3 is 0 Å². The highest BCUT2D eigenvalue weighted by Crippen LogP contribution is 2.10. The Labute approximate surface area is 133 Å². The van der Waals surface area contributed by atoms with Gasteiger partial charge >= 0.3 is 0 Å². The first kappa shape index (κ1) is 20.4. The van der Waals surface area contributed by atoms with Crippen LogP contribution in [0.1, 0.15) is 104 Å². The lowest BCUT2D eigenvalue weighted by Crippen LogP contribution is -1.90. The largest absolute Gasteiger partial charge is 0.300 e. The molecule has 1 heteroatoms. The Kier molecular flexibility index (Phi) is 17.0. The van der Waals surface area contributed by atoms with Gasteiger partial charge in [0.15, 0.2) is 0 Å². The lowest BCUT2D eigenvalue weighted by molar-refractivity contribution is -0.114. The average molecular weight is 294 g/mol. The molecule has 0 aliphatic carbocycles. The summed E-state index contributed by atoms with van der Waals surface area (Å²) >= 11 is 0. The molecule has 0 saturated carbocycles. The third-order valence-corrected chi connectivity index (χ3v) is 3.90. The van der Waals surface area contributed by atoms with Crippen LogP contribution in [0, 0.1) is 6.42 Å². The molecule has 0 N–H and O–H groups in total. The number of hydrogen-bond acceptors (Lipinski definition) is 1. The van der Waals surface area contributed by atoms with Gasteiger partial charge in [-0.15, -0.1) is 0 Å². The summed E-state index contributed by atoms with van der Waals surface area (Å²) in [6.07, 6.45) is 24.8. The number of carbonyl (C=O) groups is 1. The maximum Gasteiger partial charge on any atom is 0.133 e. The molecule has 0 saturated heterocycles. The Hall–Kier alpha value is -0.590. The molecule has 0 aromatic heterocycles. The second kappa shape index (κ2) is 17.5. The van der Waals surface area contributed by atoms with Gasteiger partial charge in [-0.05, 0) is 39.0 Å². The lowest BCUT2D eigenvalue weighted by Gasteiger charge is -2.00. The van der Waals surface area contributed by atoms with E-state index in [1.165, 1.54) is 83.5 Å². The molecule has 0 amide bonds. The van der Waals surface area contributed by atoms with Gasteiger partial charge in [-0.25, -0.2) is 0 Å². The van der Waals surface area contributed by atoms with E-state index >= 15 is 0 Å². The standard InChI is InChI=1S/C20H37O/c1-3-4-5-6-7-8-9-10-11-12-13-14-15-16-17-18-19-20(2)21/h10-11,19H,3-9,12-18H2,1-2H3/b11-10-. The van der Waals surface area contributed by atoms with Crippen molar-refractivity contribution in [3.8, 4) is 0 Å². The van der Waals surface area contributed by atoms with Crippen LogP contribution in [0.25, 0.3) is 0 Å². The van der Waals surface area contributed by atoms with Crippen molar-refractivity contribution >= 4 is 5.78 Å². The molecule has 0 fully saturated rings. The van der Waals surface area contributed by atoms with E-state index in [2.05, 4.69) is 19.1 Å². The number of rotatable bonds is 16. The molecule has 0 aliphatic rings. The summed E-state index contributed by atoms with van der Waals surface area (Å²) in [5, 5.41) is 0. The predicted molar refractivity (Wildman–Crippen MR) is 94.4 cm³/mol. The topological polar surface area (TPSA) is 17.1 Å². The Bertz CT molecular complexity index is 242. The molecule has 1 radical (unpaired) electrons. The van der Waals surface area contributed by atoms with Crippen LogP contribution in [0.3, 0.4) is 0 Å². The number of ketones is 1. The molecule has 0 unspecified atom stereocenters. The summed E-state index contributed by atoms with van der Waals surface area (Å²) < 4.78 is 0. The highest BCUT2D eigenvalue weighted by atomic mass is 16.1. The first-order chi connectivity index (χ1) is 10.3. The van der Waals surface area contributed by atoms with E-state index in [0.717, 1.165) is 6.42 Å². The van der Waals surface area contributed by atoms with Crippen LogP contribution in [0.2, 0.25) is 0 Å². The molecule has 0 spiro atoms. The van der Waals surface area contributed by atoms with Crippen LogP contribution >= 0.6 is 0 Å². The highest BCUT2D eigenvalue weighted by Gasteiger charge is 1.94. The first-order valence-corrected chi connectivity index (χ1v) is 9.26. The molecule has 0 bridgehead atoms. The molecule has 0 rings (SSSR count). The Morgan fingerprint density at radius 1 is 0.667 bits per heavy atom. The van der Waals surface area contributed by atoms with Gasteiger partial charge in [0, 0.05) is 6.42 Å². The molecule has 123 valence electrons. The third-order valence-electron chi connectivity index (χ3n) is 3.90. The minimum Gasteiger partial charge on any atom is -0.300 e. The Balaban J connectivity index is 3.07. The van der Waals surface area contributed by atoms with Crippen LogP contribution < -0.4 is 0 Å². The molecule has 0 aromatic rings. The van der Waals surface area contributed by atoms with Crippen molar-refractivity contribution in [3.63, 3.8) is 0 Å². The van der Waals surface area contributed by atoms with E-state index in [1.807, 2.05) is 6.42 Å². The molecule has 21 heavy (non-hydrogen) atoms. The maximum absolute atomic E-state index is 10.7. The zero-order chi connectivity index (χ0) is 15.6. The number of carbonyl (C=O) groups excluding carboxylic acids is 1. The van der Waals surface area contributed by atoms with E-state index in [4.69, 9.17) is 0 Å². The second-order valence-electron chi connectivity index (χ2n) is 6.19. The number of hydrogen-bond donors (Lipinski definition) is 0. The van der Waals surface area contributed by atoms with Crippen LogP contribution in [0.4, 0.5) is 0 Å². The zero-order valence-corrected chi connectivity index (χ0v) is 14.5. The van der Waals surface area contributed by atoms with Gasteiger partial charge in [-0.3, -0.25) is 4.79 Å². The summed E-state index contributed by atoms with van der Waals surface area (Å²) in [4.78, 5) is 10.7. The maximum atomic E-state index is 10.7. The quantitative estimate of drug-likeness (QED) is 0.225. The Morgan fingerprint density at radius 3 is 1.57 bits per heavy atom. The first-order valence-electron chi connectivity index (χ1n) is 9.26. The lowest BCUT2D eigenvalue weighted by atomic mass is 10.1. The van der Waals surface area contributed by atoms with Crippen LogP contribution in [0.5, 0.6) is 0 Å². The van der Waals surface area contributed by atoms with Crippen molar-refractivity contribution in [2.75, 3.05) is 0 Å². The number of Topliss-reactive ketones (excluding diaryl/α,β-unsaturated/α-hetero) is 1. The van der Waals surface area contributed by atoms with E-state index in [-0.39, 0.29) is 5.78 Å². The minimum absolute atomic E-state index is 0.213. The van der Waals surface area contributed by atoms with E-state index < -0.39 is 0 Å². The van der Waals surface area contributed by atoms with Gasteiger partial charge in [0.05, 0.1) is 0 Å². The summed E-state index contributed by atoms with van der Waals surface area (Å²) in [6, 6.07) is 0. The van der Waals surface area contributed by atoms with Gasteiger partial charge in [0.1, 0.15) is 5.78 Å². The number of unbranched alkanes of at least 4 members (excludes halogenated alkanes) is 12. The zero-order valence-electron chi connectivity index (χ0n) is 14.5. The number of allylic oxidation sites excluding steroid dienone is 2. The molecule has 0 heterocycles. The summed E-state index contributed by atoms with van der Waals surface area (Å²) in [6.45, 7) is 3.91. The van der Waals surface area contributed by atoms with Crippen molar-refractivity contribution in [3.05, 3.63) is 18.6 Å². The molecule has 0 aromatic carbocycles. The summed E-state index contributed by atoms with van der Waals surface area (Å²) in [5.41, 5.74) is 0. The molecule has 1 nitrogen and oxygen atoms in total. The summed E-state index contributed by atoms with van der Waals surface area (Å²) in [7, 11) is 0. The van der Waals surface area contributed by atoms with Gasteiger partial charge in [0.25, 0.3) is 0 Å². The highest BCUT2D eigenvalue weighted by molar-refractivity contribution is 5.84. The van der Waals surface area contributed by atoms with E-state index in [9.17, 15) is 4.79 Å². The van der Waals surface area contributed by atoms with Gasteiger partial charge in [-0.2, -0.15) is 0 Å². The Morgan fingerprint density at radius 2 is 1.10 bits per heavy atom. The monoisotopic (exact) mass is 293 g/mol. The van der Waals surface area contributed by atoms with Gasteiger partial charge in [-0.1, -0.05) is 76.9 Å². The minimum atomic E-state index is 0.213.